The molecule has 0 aromatic heterocycles. The largest absolute Gasteiger partial charge is 0.492 e. The summed E-state index contributed by atoms with van der Waals surface area (Å²) in [6.45, 7) is 2.57. The number of likely N-dealkylation sites (tertiary alicyclic amines) is 1. The van der Waals surface area contributed by atoms with E-state index < -0.39 is 0 Å². The van der Waals surface area contributed by atoms with Crippen LogP contribution in [0.15, 0.2) is 24.3 Å². The van der Waals surface area contributed by atoms with Gasteiger partial charge in [-0.1, -0.05) is 18.6 Å². The fourth-order valence-corrected chi connectivity index (χ4v) is 2.27. The molecule has 1 aliphatic rings. The third-order valence-corrected chi connectivity index (χ3v) is 3.52. The molecule has 2 rings (SSSR count). The number of benzene rings is 1. The van der Waals surface area contributed by atoms with E-state index in [4.69, 9.17) is 10.5 Å². The van der Waals surface area contributed by atoms with Crippen molar-refractivity contribution in [1.29, 1.82) is 0 Å². The first-order valence-electron chi connectivity index (χ1n) is 6.41. The Morgan fingerprint density at radius 1 is 1.29 bits per heavy atom. The molecule has 1 fully saturated rings. The van der Waals surface area contributed by atoms with Crippen molar-refractivity contribution in [1.82, 2.24) is 4.90 Å². The minimum absolute atomic E-state index is 0.568. The Kier molecular flexibility index (Phi) is 4.40. The molecule has 1 saturated heterocycles. The molecule has 3 heteroatoms. The average molecular weight is 234 g/mol. The molecule has 0 saturated carbocycles. The molecular weight excluding hydrogens is 212 g/mol. The normalized spacial score (nSPS) is 21.4. The van der Waals surface area contributed by atoms with E-state index in [1.54, 1.807) is 0 Å². The van der Waals surface area contributed by atoms with Crippen LogP contribution < -0.4 is 10.5 Å². The molecule has 0 bridgehead atoms. The van der Waals surface area contributed by atoms with Crippen LogP contribution in [0, 0.1) is 0 Å². The maximum Gasteiger partial charge on any atom is 0.119 e. The van der Waals surface area contributed by atoms with Gasteiger partial charge >= 0.3 is 0 Å². The second-order valence-electron chi connectivity index (χ2n) is 4.79. The molecule has 1 aliphatic heterocycles. The highest BCUT2D eigenvalue weighted by Crippen LogP contribution is 2.17. The quantitative estimate of drug-likeness (QED) is 0.866. The predicted octanol–water partition coefficient (Wildman–Crippen LogP) is 2.01. The van der Waals surface area contributed by atoms with Gasteiger partial charge in [0.2, 0.25) is 0 Å². The van der Waals surface area contributed by atoms with Crippen LogP contribution in [-0.4, -0.2) is 31.1 Å². The van der Waals surface area contributed by atoms with Crippen molar-refractivity contribution >= 4 is 0 Å². The first kappa shape index (κ1) is 12.4. The van der Waals surface area contributed by atoms with Crippen molar-refractivity contribution in [3.05, 3.63) is 29.8 Å². The van der Waals surface area contributed by atoms with E-state index in [1.807, 2.05) is 24.3 Å². The summed E-state index contributed by atoms with van der Waals surface area (Å²) in [5, 5.41) is 0. The van der Waals surface area contributed by atoms with E-state index in [-0.39, 0.29) is 0 Å². The maximum absolute atomic E-state index is 5.83. The standard InChI is InChI=1S/C14H22N2O/c1-16-9-3-2-4-13(16)11-17-14-7-5-12(10-15)6-8-14/h5-8,13H,2-4,9-11,15H2,1H3/t13-/m1/s1. The highest BCUT2D eigenvalue weighted by atomic mass is 16.5. The van der Waals surface area contributed by atoms with Crippen LogP contribution in [0.5, 0.6) is 5.75 Å². The zero-order valence-corrected chi connectivity index (χ0v) is 10.6. The predicted molar refractivity (Wildman–Crippen MR) is 70.1 cm³/mol. The molecule has 94 valence electrons. The van der Waals surface area contributed by atoms with Gasteiger partial charge in [0, 0.05) is 12.6 Å². The van der Waals surface area contributed by atoms with E-state index in [9.17, 15) is 0 Å². The lowest BCUT2D eigenvalue weighted by Crippen LogP contribution is -2.40. The molecule has 0 aliphatic carbocycles. The highest BCUT2D eigenvalue weighted by Gasteiger charge is 2.19. The number of hydrogen-bond donors (Lipinski definition) is 1. The lowest BCUT2D eigenvalue weighted by molar-refractivity contribution is 0.125. The minimum atomic E-state index is 0.568. The summed E-state index contributed by atoms with van der Waals surface area (Å²) in [6.07, 6.45) is 3.89. The number of ether oxygens (including phenoxy) is 1. The maximum atomic E-state index is 5.83. The monoisotopic (exact) mass is 234 g/mol. The Hall–Kier alpha value is -1.06. The van der Waals surface area contributed by atoms with Crippen LogP contribution in [0.4, 0.5) is 0 Å². The van der Waals surface area contributed by atoms with Gasteiger partial charge in [-0.3, -0.25) is 0 Å². The van der Waals surface area contributed by atoms with E-state index in [0.29, 0.717) is 12.6 Å². The van der Waals surface area contributed by atoms with Crippen LogP contribution in [0.1, 0.15) is 24.8 Å². The Morgan fingerprint density at radius 3 is 2.71 bits per heavy atom. The third-order valence-electron chi connectivity index (χ3n) is 3.52. The smallest absolute Gasteiger partial charge is 0.119 e. The van der Waals surface area contributed by atoms with Crippen LogP contribution >= 0.6 is 0 Å². The summed E-state index contributed by atoms with van der Waals surface area (Å²) in [7, 11) is 2.19. The minimum Gasteiger partial charge on any atom is -0.492 e. The van der Waals surface area contributed by atoms with Crippen LogP contribution in [0.25, 0.3) is 0 Å². The van der Waals surface area contributed by atoms with E-state index in [2.05, 4.69) is 11.9 Å². The lowest BCUT2D eigenvalue weighted by Gasteiger charge is -2.32. The number of nitrogens with zero attached hydrogens (tertiary/aromatic N) is 1. The molecule has 0 spiro atoms. The number of hydrogen-bond acceptors (Lipinski definition) is 3. The Labute approximate surface area is 104 Å². The van der Waals surface area contributed by atoms with Crippen molar-refractivity contribution in [2.24, 2.45) is 5.73 Å². The number of rotatable bonds is 4. The van der Waals surface area contributed by atoms with Gasteiger partial charge < -0.3 is 15.4 Å². The summed E-state index contributed by atoms with van der Waals surface area (Å²) >= 11 is 0. The molecule has 1 heterocycles. The Bertz CT molecular complexity index is 337. The van der Waals surface area contributed by atoms with Gasteiger partial charge in [0.05, 0.1) is 0 Å². The van der Waals surface area contributed by atoms with Gasteiger partial charge in [0.1, 0.15) is 12.4 Å². The van der Waals surface area contributed by atoms with Crippen molar-refractivity contribution in [2.75, 3.05) is 20.2 Å². The van der Waals surface area contributed by atoms with Gasteiger partial charge in [0.15, 0.2) is 0 Å². The topological polar surface area (TPSA) is 38.5 Å². The van der Waals surface area contributed by atoms with Crippen LogP contribution in [-0.2, 0) is 6.54 Å². The lowest BCUT2D eigenvalue weighted by atomic mass is 10.0. The molecular formula is C14H22N2O. The zero-order chi connectivity index (χ0) is 12.1. The third kappa shape index (κ3) is 3.45. The fraction of sp³-hybridized carbons (Fsp3) is 0.571. The number of nitrogens with two attached hydrogens (primary N) is 1. The molecule has 1 aromatic carbocycles. The summed E-state index contributed by atoms with van der Waals surface area (Å²) < 4.78 is 5.83. The number of piperidine rings is 1. The van der Waals surface area contributed by atoms with Crippen molar-refractivity contribution in [3.8, 4) is 5.75 Å². The average Bonchev–Trinajstić information content (AvgIpc) is 2.38. The number of likely N-dealkylation sites (N-methyl/N-ethyl adjacent to an activating group) is 1. The van der Waals surface area contributed by atoms with Gasteiger partial charge in [-0.2, -0.15) is 0 Å². The summed E-state index contributed by atoms with van der Waals surface area (Å²) in [5.74, 6) is 0.946. The Balaban J connectivity index is 1.84. The summed E-state index contributed by atoms with van der Waals surface area (Å²) in [5.41, 5.74) is 6.71. The fourth-order valence-electron chi connectivity index (χ4n) is 2.27. The summed E-state index contributed by atoms with van der Waals surface area (Å²) in [4.78, 5) is 2.40. The second kappa shape index (κ2) is 6.03. The first-order valence-corrected chi connectivity index (χ1v) is 6.41. The molecule has 1 atom stereocenters. The first-order chi connectivity index (χ1) is 8.29. The van der Waals surface area contributed by atoms with Crippen molar-refractivity contribution in [3.63, 3.8) is 0 Å². The van der Waals surface area contributed by atoms with E-state index in [1.165, 1.54) is 25.8 Å². The summed E-state index contributed by atoms with van der Waals surface area (Å²) in [6, 6.07) is 8.63. The molecule has 0 unspecified atom stereocenters. The van der Waals surface area contributed by atoms with E-state index in [0.717, 1.165) is 17.9 Å². The zero-order valence-electron chi connectivity index (χ0n) is 10.6. The highest BCUT2D eigenvalue weighted by molar-refractivity contribution is 5.27. The van der Waals surface area contributed by atoms with Gasteiger partial charge in [-0.15, -0.1) is 0 Å². The molecule has 2 N–H and O–H groups in total. The SMILES string of the molecule is CN1CCCC[C@@H]1COc1ccc(CN)cc1. The molecule has 0 amide bonds. The van der Waals surface area contributed by atoms with E-state index >= 15 is 0 Å². The molecule has 1 aromatic rings. The van der Waals surface area contributed by atoms with Crippen molar-refractivity contribution < 1.29 is 4.74 Å². The molecule has 3 nitrogen and oxygen atoms in total. The Morgan fingerprint density at radius 2 is 2.06 bits per heavy atom. The van der Waals surface area contributed by atoms with Gasteiger partial charge in [-0.05, 0) is 44.1 Å². The van der Waals surface area contributed by atoms with Crippen LogP contribution in [0.3, 0.4) is 0 Å². The van der Waals surface area contributed by atoms with Gasteiger partial charge in [-0.25, -0.2) is 0 Å². The molecule has 17 heavy (non-hydrogen) atoms. The van der Waals surface area contributed by atoms with Crippen LogP contribution in [0.2, 0.25) is 0 Å². The molecule has 0 radical (unpaired) electrons. The van der Waals surface area contributed by atoms with Gasteiger partial charge in [0.25, 0.3) is 0 Å². The van der Waals surface area contributed by atoms with Crippen molar-refractivity contribution in [2.45, 2.75) is 31.8 Å². The second-order valence-corrected chi connectivity index (χ2v) is 4.79.